The SMILES string of the molecule is CCC(C)c1cc[c-]nc1.COC.[CH-]1CC1.[CH2-]c1ccc(C(F)(F)F)cn1.[K+]. The van der Waals surface area contributed by atoms with E-state index in [9.17, 15) is 13.2 Å². The number of ether oxygens (including phenoxy) is 1. The van der Waals surface area contributed by atoms with E-state index in [0.29, 0.717) is 11.6 Å². The van der Waals surface area contributed by atoms with Crippen LogP contribution in [0.3, 0.4) is 0 Å². The number of aromatic nitrogens is 2. The molecule has 2 aromatic heterocycles. The molecular weight excluding hydrogens is 392 g/mol. The second-order valence-electron chi connectivity index (χ2n) is 5.84. The van der Waals surface area contributed by atoms with Gasteiger partial charge < -0.3 is 16.1 Å². The van der Waals surface area contributed by atoms with E-state index in [1.54, 1.807) is 14.2 Å². The van der Waals surface area contributed by atoms with Crippen LogP contribution in [-0.2, 0) is 10.9 Å². The first-order chi connectivity index (χ1) is 12.8. The van der Waals surface area contributed by atoms with E-state index in [1.165, 1.54) is 30.9 Å². The normalized spacial score (nSPS) is 12.4. The molecule has 0 aromatic carbocycles. The number of hydrogen-bond donors (Lipinski definition) is 0. The minimum Gasteiger partial charge on any atom is -0.394 e. The van der Waals surface area contributed by atoms with E-state index >= 15 is 0 Å². The van der Waals surface area contributed by atoms with Crippen LogP contribution in [0.4, 0.5) is 13.2 Å². The Morgan fingerprint density at radius 2 is 1.79 bits per heavy atom. The molecule has 152 valence electrons. The largest absolute Gasteiger partial charge is 1.00 e. The summed E-state index contributed by atoms with van der Waals surface area (Å²) < 4.78 is 39.8. The molecule has 2 aromatic rings. The van der Waals surface area contributed by atoms with Crippen LogP contribution < -0.4 is 51.4 Å². The van der Waals surface area contributed by atoms with Crippen LogP contribution >= 0.6 is 0 Å². The quantitative estimate of drug-likeness (QED) is 0.554. The zero-order valence-corrected chi connectivity index (χ0v) is 20.5. The Labute approximate surface area is 209 Å². The molecule has 1 unspecified atom stereocenters. The predicted molar refractivity (Wildman–Crippen MR) is 102 cm³/mol. The molecule has 0 radical (unpaired) electrons. The topological polar surface area (TPSA) is 35.0 Å². The van der Waals surface area contributed by atoms with Crippen LogP contribution in [0.1, 0.15) is 55.8 Å². The van der Waals surface area contributed by atoms with Crippen LogP contribution in [-0.4, -0.2) is 24.2 Å². The van der Waals surface area contributed by atoms with Crippen molar-refractivity contribution in [3.8, 4) is 0 Å². The van der Waals surface area contributed by atoms with Gasteiger partial charge in [0.25, 0.3) is 0 Å². The van der Waals surface area contributed by atoms with Crippen LogP contribution in [0, 0.1) is 19.5 Å². The van der Waals surface area contributed by atoms with Gasteiger partial charge in [0.05, 0.1) is 5.56 Å². The monoisotopic (exact) mass is 420 g/mol. The number of hydrogen-bond acceptors (Lipinski definition) is 3. The number of halogens is 3. The number of nitrogens with zero attached hydrogens (tertiary/aromatic N) is 2. The first-order valence-corrected chi connectivity index (χ1v) is 8.65. The molecule has 0 amide bonds. The molecular formula is C21H28F3KN2O-2. The average Bonchev–Trinajstić information content (AvgIpc) is 3.52. The number of rotatable bonds is 2. The van der Waals surface area contributed by atoms with E-state index in [-0.39, 0.29) is 51.4 Å². The summed E-state index contributed by atoms with van der Waals surface area (Å²) in [5.41, 5.74) is 0.893. The maximum absolute atomic E-state index is 11.9. The van der Waals surface area contributed by atoms with Crippen molar-refractivity contribution in [2.24, 2.45) is 0 Å². The summed E-state index contributed by atoms with van der Waals surface area (Å²) in [6, 6.07) is 6.11. The minimum atomic E-state index is -4.30. The molecule has 0 saturated heterocycles. The molecule has 7 heteroatoms. The third-order valence-corrected chi connectivity index (χ3v) is 3.26. The first kappa shape index (κ1) is 29.8. The van der Waals surface area contributed by atoms with Crippen LogP contribution in [0.25, 0.3) is 0 Å². The molecule has 1 aliphatic rings. The van der Waals surface area contributed by atoms with Crippen molar-refractivity contribution < 1.29 is 69.3 Å². The van der Waals surface area contributed by atoms with E-state index < -0.39 is 11.7 Å². The summed E-state index contributed by atoms with van der Waals surface area (Å²) in [6.45, 7) is 7.75. The third-order valence-electron chi connectivity index (χ3n) is 3.26. The van der Waals surface area contributed by atoms with Gasteiger partial charge in [-0.05, 0) is 5.92 Å². The van der Waals surface area contributed by atoms with Crippen LogP contribution in [0.2, 0.25) is 0 Å². The van der Waals surface area contributed by atoms with Crippen molar-refractivity contribution in [3.05, 3.63) is 73.0 Å². The van der Waals surface area contributed by atoms with E-state index in [0.717, 1.165) is 12.3 Å². The van der Waals surface area contributed by atoms with Gasteiger partial charge in [-0.3, -0.25) is 4.98 Å². The molecule has 0 aliphatic heterocycles. The molecule has 1 saturated carbocycles. The summed E-state index contributed by atoms with van der Waals surface area (Å²) >= 11 is 0. The Bertz CT molecular complexity index is 588. The van der Waals surface area contributed by atoms with Crippen molar-refractivity contribution in [1.82, 2.24) is 9.97 Å². The fraction of sp³-hybridized carbons (Fsp3) is 0.429. The molecule has 2 heterocycles. The maximum Gasteiger partial charge on any atom is 1.00 e. The van der Waals surface area contributed by atoms with Gasteiger partial charge in [0.1, 0.15) is 0 Å². The molecule has 0 N–H and O–H groups in total. The summed E-state index contributed by atoms with van der Waals surface area (Å²) in [4.78, 5) is 7.34. The van der Waals surface area contributed by atoms with Crippen molar-refractivity contribution in [3.63, 3.8) is 0 Å². The van der Waals surface area contributed by atoms with Gasteiger partial charge in [-0.1, -0.05) is 32.7 Å². The Balaban J connectivity index is 0. The molecule has 1 aliphatic carbocycles. The van der Waals surface area contributed by atoms with Crippen molar-refractivity contribution >= 4 is 0 Å². The molecule has 28 heavy (non-hydrogen) atoms. The van der Waals surface area contributed by atoms with Crippen molar-refractivity contribution in [2.45, 2.75) is 45.2 Å². The Hall–Kier alpha value is -0.444. The van der Waals surface area contributed by atoms with E-state index in [1.807, 2.05) is 12.3 Å². The molecule has 3 nitrogen and oxygen atoms in total. The fourth-order valence-corrected chi connectivity index (χ4v) is 1.45. The minimum absolute atomic E-state index is 0. The third kappa shape index (κ3) is 16.5. The van der Waals surface area contributed by atoms with Crippen molar-refractivity contribution in [1.29, 1.82) is 0 Å². The van der Waals surface area contributed by atoms with Gasteiger partial charge in [-0.15, -0.1) is 17.3 Å². The standard InChI is InChI=1S/C9H12N.C7H5F3N.C3H5.C2H6O.K/c1-3-8(2)9-5-4-6-10-7-9;1-5-2-3-6(4-11-5)7(8,9)10;1-2-3-1;1-3-2;/h4-5,7-8H,3H2,1-2H3;2-4H,1H2;1H,2-3H2;1-2H3;/q3*-1;;+1. The van der Waals surface area contributed by atoms with Gasteiger partial charge >= 0.3 is 57.6 Å². The Morgan fingerprint density at radius 3 is 2.11 bits per heavy atom. The van der Waals surface area contributed by atoms with Gasteiger partial charge in [-0.2, -0.15) is 31.4 Å². The van der Waals surface area contributed by atoms with Gasteiger partial charge in [0, 0.05) is 20.4 Å². The van der Waals surface area contributed by atoms with Gasteiger partial charge in [-0.25, -0.2) is 19.8 Å². The summed E-state index contributed by atoms with van der Waals surface area (Å²) in [6.07, 6.45) is 7.28. The predicted octanol–water partition coefficient (Wildman–Crippen LogP) is 2.93. The number of pyridine rings is 2. The van der Waals surface area contributed by atoms with Gasteiger partial charge in [0.2, 0.25) is 0 Å². The molecule has 0 bridgehead atoms. The maximum atomic E-state index is 11.9. The van der Waals surface area contributed by atoms with Crippen LogP contribution in [0.15, 0.2) is 36.7 Å². The first-order valence-electron chi connectivity index (χ1n) is 8.65. The smallest absolute Gasteiger partial charge is 0.394 e. The molecule has 1 atom stereocenters. The fourth-order valence-electron chi connectivity index (χ4n) is 1.45. The second-order valence-corrected chi connectivity index (χ2v) is 5.84. The molecule has 1 fully saturated rings. The van der Waals surface area contributed by atoms with Crippen molar-refractivity contribution in [2.75, 3.05) is 14.2 Å². The summed E-state index contributed by atoms with van der Waals surface area (Å²) in [7, 11) is 3.25. The Morgan fingerprint density at radius 1 is 1.21 bits per heavy atom. The molecule has 0 spiro atoms. The van der Waals surface area contributed by atoms with Crippen LogP contribution in [0.5, 0.6) is 0 Å². The number of alkyl halides is 3. The zero-order chi connectivity index (χ0) is 20.7. The van der Waals surface area contributed by atoms with Gasteiger partial charge in [0.15, 0.2) is 0 Å². The average molecular weight is 421 g/mol. The Kier molecular flexibility index (Phi) is 18.5. The summed E-state index contributed by atoms with van der Waals surface area (Å²) in [5, 5.41) is 0. The van der Waals surface area contributed by atoms with E-state index in [2.05, 4.69) is 54.2 Å². The zero-order valence-electron chi connectivity index (χ0n) is 17.4. The van der Waals surface area contributed by atoms with E-state index in [4.69, 9.17) is 0 Å². The second kappa shape index (κ2) is 17.4. The number of methoxy groups -OCH3 is 1. The summed E-state index contributed by atoms with van der Waals surface area (Å²) in [5.74, 6) is 0.627. The molecule has 3 rings (SSSR count).